The van der Waals surface area contributed by atoms with Gasteiger partial charge >= 0.3 is 0 Å². The molecule has 5 aromatic heterocycles. The molecular formula is C55H33F2N5O. The van der Waals surface area contributed by atoms with E-state index < -0.39 is 5.92 Å². The fourth-order valence-corrected chi connectivity index (χ4v) is 9.74. The molecule has 0 atom stereocenters. The Bertz CT molecular complexity index is 3950. The van der Waals surface area contributed by atoms with Crippen LogP contribution in [0.5, 0.6) is 0 Å². The Hall–Kier alpha value is -8.36. The van der Waals surface area contributed by atoms with Crippen LogP contribution in [0.2, 0.25) is 0 Å². The zero-order valence-corrected chi connectivity index (χ0v) is 33.4. The van der Waals surface area contributed by atoms with Crippen molar-refractivity contribution in [1.82, 2.24) is 24.1 Å². The van der Waals surface area contributed by atoms with Crippen LogP contribution in [0.25, 0.3) is 111 Å². The van der Waals surface area contributed by atoms with Crippen molar-refractivity contribution < 1.29 is 13.2 Å². The first-order valence-corrected chi connectivity index (χ1v) is 20.9. The maximum Gasteiger partial charge on any atom is 0.299 e. The molecule has 5 heterocycles. The van der Waals surface area contributed by atoms with Gasteiger partial charge in [-0.15, -0.1) is 0 Å². The van der Waals surface area contributed by atoms with Crippen LogP contribution in [0, 0.1) is 0 Å². The fourth-order valence-electron chi connectivity index (χ4n) is 9.74. The molecule has 13 rings (SSSR count). The minimum absolute atomic E-state index is 0.0481. The van der Waals surface area contributed by atoms with Gasteiger partial charge in [-0.25, -0.2) is 9.97 Å². The average molecular weight is 818 g/mol. The van der Waals surface area contributed by atoms with Crippen molar-refractivity contribution in [2.75, 3.05) is 0 Å². The first kappa shape index (κ1) is 35.4. The molecule has 6 nitrogen and oxygen atoms in total. The van der Waals surface area contributed by atoms with Crippen molar-refractivity contribution in [3.63, 3.8) is 0 Å². The highest BCUT2D eigenvalue weighted by Gasteiger charge is 2.36. The van der Waals surface area contributed by atoms with E-state index in [0.29, 0.717) is 22.1 Å². The second-order valence-corrected chi connectivity index (χ2v) is 16.0. The van der Waals surface area contributed by atoms with Gasteiger partial charge in [-0.3, -0.25) is 9.13 Å². The molecule has 0 bridgehead atoms. The number of hydrogen-bond acceptors (Lipinski definition) is 3. The summed E-state index contributed by atoms with van der Waals surface area (Å²) in [5, 5.41) is 5.44. The molecule has 8 aromatic carbocycles. The smallest absolute Gasteiger partial charge is 0.299 e. The monoisotopic (exact) mass is 817 g/mol. The molecule has 1 N–H and O–H groups in total. The molecule has 13 aromatic rings. The molecule has 0 radical (unpaired) electrons. The third-order valence-electron chi connectivity index (χ3n) is 12.5. The summed E-state index contributed by atoms with van der Waals surface area (Å²) in [6.45, 7) is 0. The molecular weight excluding hydrogens is 785 g/mol. The van der Waals surface area contributed by atoms with E-state index in [2.05, 4.69) is 93.0 Å². The number of fused-ring (bicyclic) bond motifs is 10. The van der Waals surface area contributed by atoms with Crippen molar-refractivity contribution in [2.45, 2.75) is 5.92 Å². The molecule has 0 fully saturated rings. The second-order valence-electron chi connectivity index (χ2n) is 16.0. The highest BCUT2D eigenvalue weighted by molar-refractivity contribution is 6.15. The number of nitrogens with zero attached hydrogens (tertiary/aromatic N) is 4. The topological polar surface area (TPSA) is 64.6 Å². The number of pyridine rings is 1. The molecule has 0 aliphatic rings. The number of aromatic nitrogens is 5. The van der Waals surface area contributed by atoms with Crippen LogP contribution >= 0.6 is 0 Å². The highest BCUT2D eigenvalue weighted by Crippen LogP contribution is 2.45. The van der Waals surface area contributed by atoms with Crippen LogP contribution in [0.1, 0.15) is 11.1 Å². The molecule has 0 aliphatic heterocycles. The maximum absolute atomic E-state index is 16.4. The molecule has 0 amide bonds. The Morgan fingerprint density at radius 3 is 2.11 bits per heavy atom. The van der Waals surface area contributed by atoms with Crippen LogP contribution in [-0.4, -0.2) is 24.1 Å². The van der Waals surface area contributed by atoms with E-state index in [1.165, 1.54) is 18.2 Å². The van der Waals surface area contributed by atoms with Gasteiger partial charge in [0.15, 0.2) is 11.4 Å². The van der Waals surface area contributed by atoms with Crippen molar-refractivity contribution in [3.05, 3.63) is 205 Å². The summed E-state index contributed by atoms with van der Waals surface area (Å²) in [6.07, 6.45) is 1.85. The van der Waals surface area contributed by atoms with Gasteiger partial charge in [0.1, 0.15) is 11.4 Å². The number of furan rings is 1. The van der Waals surface area contributed by atoms with Crippen LogP contribution in [0.3, 0.4) is 0 Å². The summed E-state index contributed by atoms with van der Waals surface area (Å²) in [7, 11) is 0. The van der Waals surface area contributed by atoms with Crippen LogP contribution < -0.4 is 0 Å². The van der Waals surface area contributed by atoms with Gasteiger partial charge < -0.3 is 9.40 Å². The van der Waals surface area contributed by atoms with Crippen molar-refractivity contribution in [1.29, 1.82) is 0 Å². The zero-order chi connectivity index (χ0) is 41.8. The molecule has 0 unspecified atom stereocenters. The summed E-state index contributed by atoms with van der Waals surface area (Å²) in [5.74, 6) is -1.82. The Kier molecular flexibility index (Phi) is 7.48. The quantitative estimate of drug-likeness (QED) is 0.182. The summed E-state index contributed by atoms with van der Waals surface area (Å²) in [4.78, 5) is 14.0. The Labute approximate surface area is 357 Å². The lowest BCUT2D eigenvalue weighted by Gasteiger charge is -2.18. The SMILES string of the molecule is FC(F)(c1ccccc1)c1cccc2[nH]c3c(-c4nc5c(-c6ccc7c8ccccc8n(-c8nccc9c8oc8ccccc89)c7c6)cccc5n4-c4ccccc4)cccc3c12. The number of H-pyrrole nitrogens is 1. The van der Waals surface area contributed by atoms with Gasteiger partial charge in [-0.2, -0.15) is 8.78 Å². The normalized spacial score (nSPS) is 12.3. The number of aromatic amines is 1. The fraction of sp³-hybridized carbons (Fsp3) is 0.0182. The van der Waals surface area contributed by atoms with Gasteiger partial charge in [0.2, 0.25) is 0 Å². The van der Waals surface area contributed by atoms with E-state index in [-0.39, 0.29) is 11.1 Å². The molecule has 298 valence electrons. The predicted molar refractivity (Wildman–Crippen MR) is 250 cm³/mol. The maximum atomic E-state index is 16.4. The molecule has 8 heteroatoms. The number of halogens is 2. The summed E-state index contributed by atoms with van der Waals surface area (Å²) in [5.41, 5.74) is 10.2. The van der Waals surface area contributed by atoms with E-state index >= 15 is 8.78 Å². The first-order chi connectivity index (χ1) is 31.0. The average Bonchev–Trinajstić information content (AvgIpc) is 4.11. The summed E-state index contributed by atoms with van der Waals surface area (Å²) >= 11 is 0. The van der Waals surface area contributed by atoms with Crippen LogP contribution in [0.4, 0.5) is 8.78 Å². The molecule has 0 spiro atoms. The predicted octanol–water partition coefficient (Wildman–Crippen LogP) is 14.5. The number of rotatable bonds is 6. The van der Waals surface area contributed by atoms with Gasteiger partial charge in [-0.05, 0) is 60.2 Å². The lowest BCUT2D eigenvalue weighted by atomic mass is 9.95. The van der Waals surface area contributed by atoms with Gasteiger partial charge in [0.25, 0.3) is 5.92 Å². The number of benzene rings is 8. The first-order valence-electron chi connectivity index (χ1n) is 20.9. The Morgan fingerprint density at radius 1 is 0.540 bits per heavy atom. The van der Waals surface area contributed by atoms with Gasteiger partial charge in [0, 0.05) is 72.0 Å². The van der Waals surface area contributed by atoms with Crippen LogP contribution in [0.15, 0.2) is 199 Å². The molecule has 0 saturated carbocycles. The van der Waals surface area contributed by atoms with E-state index in [1.54, 1.807) is 24.3 Å². The number of nitrogens with one attached hydrogen (secondary N) is 1. The number of alkyl halides is 2. The Morgan fingerprint density at radius 2 is 1.24 bits per heavy atom. The van der Waals surface area contributed by atoms with E-state index in [4.69, 9.17) is 14.4 Å². The summed E-state index contributed by atoms with van der Waals surface area (Å²) < 4.78 is 43.8. The van der Waals surface area contributed by atoms with Crippen molar-refractivity contribution in [2.24, 2.45) is 0 Å². The van der Waals surface area contributed by atoms with Crippen molar-refractivity contribution in [3.8, 4) is 34.0 Å². The van der Waals surface area contributed by atoms with Gasteiger partial charge in [0.05, 0.1) is 27.6 Å². The standard InChI is InChI=1S/C55H33F2N5O/c56-55(57,34-14-3-1-4-15-34)43-23-13-24-44-49(43)41-21-11-22-42(50(41)59-44)53-60-51-36(20-12-26-46(51)61(53)35-16-5-2-6-17-35)33-28-29-38-37-18-7-9-25-45(37)62(47(38)32-33)54-52-40(30-31-58-54)39-19-8-10-27-48(39)63-52/h1-32,59H. The molecule has 0 aliphatic carbocycles. The zero-order valence-electron chi connectivity index (χ0n) is 33.4. The lowest BCUT2D eigenvalue weighted by Crippen LogP contribution is -2.15. The van der Waals surface area contributed by atoms with E-state index in [0.717, 1.165) is 88.5 Å². The largest absolute Gasteiger partial charge is 0.452 e. The van der Waals surface area contributed by atoms with Crippen LogP contribution in [-0.2, 0) is 5.92 Å². The third kappa shape index (κ3) is 5.15. The summed E-state index contributed by atoms with van der Waals surface area (Å²) in [6, 6.07) is 60.5. The number of imidazole rings is 1. The van der Waals surface area contributed by atoms with Gasteiger partial charge in [-0.1, -0.05) is 133 Å². The van der Waals surface area contributed by atoms with E-state index in [9.17, 15) is 0 Å². The van der Waals surface area contributed by atoms with Crippen molar-refractivity contribution >= 4 is 76.6 Å². The number of hydrogen-bond donors (Lipinski definition) is 1. The number of para-hydroxylation sites is 5. The van der Waals surface area contributed by atoms with E-state index in [1.807, 2.05) is 72.9 Å². The lowest BCUT2D eigenvalue weighted by molar-refractivity contribution is 0.0445. The molecule has 0 saturated heterocycles. The minimum atomic E-state index is -3.22. The third-order valence-corrected chi connectivity index (χ3v) is 12.5. The molecule has 63 heavy (non-hydrogen) atoms. The Balaban J connectivity index is 1.05. The highest BCUT2D eigenvalue weighted by atomic mass is 19.3. The second kappa shape index (κ2) is 13.3. The minimum Gasteiger partial charge on any atom is -0.452 e.